The van der Waals surface area contributed by atoms with Crippen molar-refractivity contribution in [2.24, 2.45) is 0 Å². The zero-order valence-corrected chi connectivity index (χ0v) is 14.1. The highest BCUT2D eigenvalue weighted by Gasteiger charge is 2.11. The molecule has 0 unspecified atom stereocenters. The molecule has 0 heterocycles. The molecule has 1 N–H and O–H groups in total. The second kappa shape index (κ2) is 7.77. The van der Waals surface area contributed by atoms with Crippen LogP contribution in [0.1, 0.15) is 5.56 Å². The van der Waals surface area contributed by atoms with Crippen LogP contribution in [0.4, 0.5) is 4.39 Å². The number of hydrogen-bond donors (Lipinski definition) is 1. The number of benzene rings is 2. The Morgan fingerprint density at radius 2 is 1.96 bits per heavy atom. The standard InChI is InChI=1S/C16H17ClFNO3S/c1-23(20,21)16-5-3-2-4-12(16)11-19-8-9-22-15-10-13(18)6-7-14(15)17/h2-7,10,19H,8-9,11H2,1H3. The van der Waals surface area contributed by atoms with Gasteiger partial charge in [-0.3, -0.25) is 0 Å². The molecule has 0 aliphatic rings. The van der Waals surface area contributed by atoms with E-state index in [-0.39, 0.29) is 12.4 Å². The Morgan fingerprint density at radius 3 is 2.70 bits per heavy atom. The number of hydrogen-bond acceptors (Lipinski definition) is 4. The number of ether oxygens (including phenoxy) is 1. The molecule has 2 aromatic rings. The van der Waals surface area contributed by atoms with E-state index in [4.69, 9.17) is 16.3 Å². The molecule has 0 radical (unpaired) electrons. The highest BCUT2D eigenvalue weighted by molar-refractivity contribution is 7.90. The van der Waals surface area contributed by atoms with E-state index in [9.17, 15) is 12.8 Å². The van der Waals surface area contributed by atoms with Crippen molar-refractivity contribution in [3.8, 4) is 5.75 Å². The second-order valence-electron chi connectivity index (χ2n) is 4.98. The summed E-state index contributed by atoms with van der Waals surface area (Å²) in [7, 11) is -3.26. The Labute approximate surface area is 140 Å². The van der Waals surface area contributed by atoms with Gasteiger partial charge in [0.2, 0.25) is 0 Å². The summed E-state index contributed by atoms with van der Waals surface area (Å²) in [6, 6.07) is 10.7. The maximum absolute atomic E-state index is 13.1. The molecule has 0 spiro atoms. The molecule has 0 fully saturated rings. The number of rotatable bonds is 7. The van der Waals surface area contributed by atoms with Crippen LogP contribution in [0.15, 0.2) is 47.4 Å². The lowest BCUT2D eigenvalue weighted by Crippen LogP contribution is -2.21. The highest BCUT2D eigenvalue weighted by atomic mass is 35.5. The molecule has 7 heteroatoms. The van der Waals surface area contributed by atoms with Gasteiger partial charge in [-0.25, -0.2) is 12.8 Å². The molecule has 0 amide bonds. The Hall–Kier alpha value is -1.63. The molecule has 0 bridgehead atoms. The number of nitrogens with one attached hydrogen (secondary N) is 1. The maximum atomic E-state index is 13.1. The summed E-state index contributed by atoms with van der Waals surface area (Å²) in [5.74, 6) is -0.135. The molecule has 2 rings (SSSR count). The normalized spacial score (nSPS) is 11.4. The molecule has 124 valence electrons. The predicted octanol–water partition coefficient (Wildman–Crippen LogP) is 3.05. The van der Waals surface area contributed by atoms with E-state index < -0.39 is 15.7 Å². The van der Waals surface area contributed by atoms with E-state index in [1.165, 1.54) is 24.5 Å². The average Bonchev–Trinajstić information content (AvgIpc) is 2.50. The number of halogens is 2. The molecule has 0 saturated carbocycles. The third-order valence-electron chi connectivity index (χ3n) is 3.12. The SMILES string of the molecule is CS(=O)(=O)c1ccccc1CNCCOc1cc(F)ccc1Cl. The summed E-state index contributed by atoms with van der Waals surface area (Å²) in [6.07, 6.45) is 1.18. The molecule has 23 heavy (non-hydrogen) atoms. The van der Waals surface area contributed by atoms with Crippen molar-refractivity contribution in [3.63, 3.8) is 0 Å². The van der Waals surface area contributed by atoms with Crippen molar-refractivity contribution in [1.29, 1.82) is 0 Å². The molecule has 0 aliphatic carbocycles. The van der Waals surface area contributed by atoms with E-state index in [1.807, 2.05) is 0 Å². The van der Waals surface area contributed by atoms with Gasteiger partial charge in [0.25, 0.3) is 0 Å². The van der Waals surface area contributed by atoms with Crippen LogP contribution in [0.25, 0.3) is 0 Å². The number of sulfone groups is 1. The lowest BCUT2D eigenvalue weighted by Gasteiger charge is -2.11. The van der Waals surface area contributed by atoms with E-state index >= 15 is 0 Å². The summed E-state index contributed by atoms with van der Waals surface area (Å²) < 4.78 is 41.9. The summed E-state index contributed by atoms with van der Waals surface area (Å²) in [4.78, 5) is 0.307. The van der Waals surface area contributed by atoms with Gasteiger partial charge in [0.15, 0.2) is 9.84 Å². The monoisotopic (exact) mass is 357 g/mol. The van der Waals surface area contributed by atoms with Crippen molar-refractivity contribution < 1.29 is 17.5 Å². The van der Waals surface area contributed by atoms with Crippen LogP contribution in [-0.4, -0.2) is 27.8 Å². The van der Waals surface area contributed by atoms with Gasteiger partial charge in [0.05, 0.1) is 9.92 Å². The van der Waals surface area contributed by atoms with Crippen molar-refractivity contribution >= 4 is 21.4 Å². The third-order valence-corrected chi connectivity index (χ3v) is 4.63. The van der Waals surface area contributed by atoms with Crippen molar-refractivity contribution in [2.45, 2.75) is 11.4 Å². The molecule has 0 saturated heterocycles. The first-order valence-corrected chi connectivity index (χ1v) is 9.21. The van der Waals surface area contributed by atoms with Crippen LogP contribution in [0.5, 0.6) is 5.75 Å². The van der Waals surface area contributed by atoms with E-state index in [0.717, 1.165) is 0 Å². The topological polar surface area (TPSA) is 55.4 Å². The fourth-order valence-electron chi connectivity index (χ4n) is 2.06. The maximum Gasteiger partial charge on any atom is 0.175 e. The van der Waals surface area contributed by atoms with Gasteiger partial charge in [-0.2, -0.15) is 0 Å². The Kier molecular flexibility index (Phi) is 5.98. The Morgan fingerprint density at radius 1 is 1.22 bits per heavy atom. The minimum absolute atomic E-state index is 0.282. The third kappa shape index (κ3) is 5.20. The van der Waals surface area contributed by atoms with E-state index in [1.54, 1.807) is 24.3 Å². The first-order valence-electron chi connectivity index (χ1n) is 6.94. The van der Waals surface area contributed by atoms with Crippen molar-refractivity contribution in [2.75, 3.05) is 19.4 Å². The predicted molar refractivity (Wildman–Crippen MR) is 88.2 cm³/mol. The second-order valence-corrected chi connectivity index (χ2v) is 7.37. The summed E-state index contributed by atoms with van der Waals surface area (Å²) >= 11 is 5.90. The molecular formula is C16H17ClFNO3S. The smallest absolute Gasteiger partial charge is 0.175 e. The molecule has 0 atom stereocenters. The molecule has 2 aromatic carbocycles. The van der Waals surface area contributed by atoms with Crippen LogP contribution in [0, 0.1) is 5.82 Å². The van der Waals surface area contributed by atoms with Gasteiger partial charge < -0.3 is 10.1 Å². The van der Waals surface area contributed by atoms with Crippen LogP contribution >= 0.6 is 11.6 Å². The first kappa shape index (κ1) is 17.7. The summed E-state index contributed by atoms with van der Waals surface area (Å²) in [5.41, 5.74) is 0.693. The lowest BCUT2D eigenvalue weighted by atomic mass is 10.2. The van der Waals surface area contributed by atoms with E-state index in [2.05, 4.69) is 5.32 Å². The minimum atomic E-state index is -3.26. The Bertz CT molecular complexity index is 781. The molecule has 4 nitrogen and oxygen atoms in total. The highest BCUT2D eigenvalue weighted by Crippen LogP contribution is 2.24. The van der Waals surface area contributed by atoms with Crippen molar-refractivity contribution in [1.82, 2.24) is 5.32 Å². The van der Waals surface area contributed by atoms with Gasteiger partial charge in [0.1, 0.15) is 18.2 Å². The average molecular weight is 358 g/mol. The fraction of sp³-hybridized carbons (Fsp3) is 0.250. The fourth-order valence-corrected chi connectivity index (χ4v) is 3.17. The molecule has 0 aliphatic heterocycles. The molecular weight excluding hydrogens is 341 g/mol. The Balaban J connectivity index is 1.86. The van der Waals surface area contributed by atoms with Crippen LogP contribution < -0.4 is 10.1 Å². The van der Waals surface area contributed by atoms with Crippen LogP contribution in [0.2, 0.25) is 5.02 Å². The van der Waals surface area contributed by atoms with Crippen molar-refractivity contribution in [3.05, 3.63) is 58.9 Å². The van der Waals surface area contributed by atoms with Gasteiger partial charge in [0, 0.05) is 25.4 Å². The van der Waals surface area contributed by atoms with Gasteiger partial charge in [-0.15, -0.1) is 0 Å². The van der Waals surface area contributed by atoms with Gasteiger partial charge >= 0.3 is 0 Å². The summed E-state index contributed by atoms with van der Waals surface area (Å²) in [5, 5.41) is 3.43. The first-order chi connectivity index (χ1) is 10.9. The minimum Gasteiger partial charge on any atom is -0.491 e. The van der Waals surface area contributed by atoms with Crippen LogP contribution in [0.3, 0.4) is 0 Å². The lowest BCUT2D eigenvalue weighted by molar-refractivity contribution is 0.312. The zero-order valence-electron chi connectivity index (χ0n) is 12.6. The summed E-state index contributed by atoms with van der Waals surface area (Å²) in [6.45, 7) is 1.14. The quantitative estimate of drug-likeness (QED) is 0.774. The zero-order chi connectivity index (χ0) is 16.9. The van der Waals surface area contributed by atoms with Crippen LogP contribution in [-0.2, 0) is 16.4 Å². The molecule has 0 aromatic heterocycles. The largest absolute Gasteiger partial charge is 0.491 e. The van der Waals surface area contributed by atoms with Gasteiger partial charge in [-0.1, -0.05) is 29.8 Å². The van der Waals surface area contributed by atoms with E-state index in [0.29, 0.717) is 28.6 Å². The van der Waals surface area contributed by atoms with Gasteiger partial charge in [-0.05, 0) is 23.8 Å².